The van der Waals surface area contributed by atoms with Crippen molar-refractivity contribution in [2.75, 3.05) is 5.32 Å². The fourth-order valence-corrected chi connectivity index (χ4v) is 4.54. The van der Waals surface area contributed by atoms with E-state index in [1.807, 2.05) is 72.8 Å². The van der Waals surface area contributed by atoms with Crippen LogP contribution in [-0.2, 0) is 6.42 Å². The molecule has 0 aliphatic carbocycles. The zero-order valence-electron chi connectivity index (χ0n) is 16.4. The van der Waals surface area contributed by atoms with E-state index in [0.29, 0.717) is 10.7 Å². The quantitative estimate of drug-likeness (QED) is 0.377. The van der Waals surface area contributed by atoms with Crippen LogP contribution in [0.15, 0.2) is 78.9 Å². The van der Waals surface area contributed by atoms with Crippen LogP contribution in [0.25, 0.3) is 32.4 Å². The third kappa shape index (κ3) is 3.33. The average molecular weight is 410 g/mol. The number of para-hydroxylation sites is 2. The second kappa shape index (κ2) is 7.69. The van der Waals surface area contributed by atoms with Crippen LogP contribution in [-0.4, -0.2) is 15.9 Å². The molecule has 0 spiro atoms. The number of nitrogens with one attached hydrogen (secondary N) is 1. The molecular weight excluding hydrogens is 390 g/mol. The monoisotopic (exact) mass is 409 g/mol. The van der Waals surface area contributed by atoms with Gasteiger partial charge in [-0.15, -0.1) is 0 Å². The van der Waals surface area contributed by atoms with Gasteiger partial charge in [0.25, 0.3) is 5.91 Å². The SMILES string of the molecule is CCc1cccc2sc(NC(=O)c3cc(-c4ccccc4)nc4ccccc34)nc12. The van der Waals surface area contributed by atoms with Gasteiger partial charge >= 0.3 is 0 Å². The zero-order valence-corrected chi connectivity index (χ0v) is 17.2. The minimum absolute atomic E-state index is 0.178. The maximum absolute atomic E-state index is 13.3. The summed E-state index contributed by atoms with van der Waals surface area (Å²) in [4.78, 5) is 22.7. The fraction of sp³-hybridized carbons (Fsp3) is 0.0800. The molecule has 0 atom stereocenters. The van der Waals surface area contributed by atoms with Crippen LogP contribution in [0.5, 0.6) is 0 Å². The molecule has 30 heavy (non-hydrogen) atoms. The third-order valence-corrected chi connectivity index (χ3v) is 6.07. The molecule has 1 N–H and O–H groups in total. The Morgan fingerprint density at radius 3 is 2.57 bits per heavy atom. The summed E-state index contributed by atoms with van der Waals surface area (Å²) in [7, 11) is 0. The van der Waals surface area contributed by atoms with Gasteiger partial charge in [0.2, 0.25) is 0 Å². The summed E-state index contributed by atoms with van der Waals surface area (Å²) >= 11 is 1.50. The first kappa shape index (κ1) is 18.5. The van der Waals surface area contributed by atoms with E-state index in [2.05, 4.69) is 23.3 Å². The Morgan fingerprint density at radius 2 is 1.73 bits per heavy atom. The van der Waals surface area contributed by atoms with E-state index >= 15 is 0 Å². The Labute approximate surface area is 178 Å². The van der Waals surface area contributed by atoms with Crippen molar-refractivity contribution in [3.05, 3.63) is 90.0 Å². The van der Waals surface area contributed by atoms with Crippen molar-refractivity contribution in [3.8, 4) is 11.3 Å². The standard InChI is InChI=1S/C25H19N3OS/c1-2-16-11-8-14-22-23(16)27-25(30-22)28-24(29)19-15-21(17-9-4-3-5-10-17)26-20-13-7-6-12-18(19)20/h3-15H,2H2,1H3,(H,27,28,29). The highest BCUT2D eigenvalue weighted by atomic mass is 32.1. The summed E-state index contributed by atoms with van der Waals surface area (Å²) in [6.45, 7) is 2.11. The van der Waals surface area contributed by atoms with E-state index in [4.69, 9.17) is 4.98 Å². The smallest absolute Gasteiger partial charge is 0.258 e. The molecule has 0 aliphatic rings. The van der Waals surface area contributed by atoms with Gasteiger partial charge in [-0.1, -0.05) is 78.9 Å². The van der Waals surface area contributed by atoms with Gasteiger partial charge in [0.1, 0.15) is 0 Å². The molecule has 4 nitrogen and oxygen atoms in total. The number of fused-ring (bicyclic) bond motifs is 2. The summed E-state index contributed by atoms with van der Waals surface area (Å²) in [5.74, 6) is -0.178. The number of hydrogen-bond donors (Lipinski definition) is 1. The lowest BCUT2D eigenvalue weighted by atomic mass is 10.0. The molecule has 0 bridgehead atoms. The number of benzene rings is 3. The molecule has 0 saturated carbocycles. The molecule has 3 aromatic carbocycles. The van der Waals surface area contributed by atoms with Crippen molar-refractivity contribution >= 4 is 43.5 Å². The molecule has 0 radical (unpaired) electrons. The third-order valence-electron chi connectivity index (χ3n) is 5.13. The number of nitrogens with zero attached hydrogens (tertiary/aromatic N) is 2. The molecule has 5 rings (SSSR count). The summed E-state index contributed by atoms with van der Waals surface area (Å²) in [6, 6.07) is 25.6. The number of hydrogen-bond acceptors (Lipinski definition) is 4. The maximum Gasteiger partial charge on any atom is 0.258 e. The van der Waals surface area contributed by atoms with Crippen molar-refractivity contribution in [2.45, 2.75) is 13.3 Å². The zero-order chi connectivity index (χ0) is 20.5. The Kier molecular flexibility index (Phi) is 4.73. The summed E-state index contributed by atoms with van der Waals surface area (Å²) < 4.78 is 1.08. The minimum atomic E-state index is -0.178. The van der Waals surface area contributed by atoms with Crippen molar-refractivity contribution in [1.29, 1.82) is 0 Å². The van der Waals surface area contributed by atoms with Crippen LogP contribution in [0.1, 0.15) is 22.8 Å². The summed E-state index contributed by atoms with van der Waals surface area (Å²) in [6.07, 6.45) is 0.907. The van der Waals surface area contributed by atoms with E-state index < -0.39 is 0 Å². The molecule has 2 aromatic heterocycles. The van der Waals surface area contributed by atoms with Gasteiger partial charge in [0, 0.05) is 10.9 Å². The van der Waals surface area contributed by atoms with Gasteiger partial charge in [-0.05, 0) is 30.2 Å². The molecule has 0 saturated heterocycles. The summed E-state index contributed by atoms with van der Waals surface area (Å²) in [5, 5.41) is 4.44. The van der Waals surface area contributed by atoms with Crippen LogP contribution in [0, 0.1) is 0 Å². The average Bonchev–Trinajstić information content (AvgIpc) is 3.21. The number of anilines is 1. The molecule has 5 aromatic rings. The summed E-state index contributed by atoms with van der Waals surface area (Å²) in [5.41, 5.74) is 5.28. The first-order valence-corrected chi connectivity index (χ1v) is 10.7. The lowest BCUT2D eigenvalue weighted by Gasteiger charge is -2.09. The van der Waals surface area contributed by atoms with Gasteiger partial charge in [0.05, 0.1) is 27.0 Å². The Morgan fingerprint density at radius 1 is 0.933 bits per heavy atom. The van der Waals surface area contributed by atoms with Gasteiger partial charge in [-0.2, -0.15) is 0 Å². The van der Waals surface area contributed by atoms with Crippen molar-refractivity contribution in [1.82, 2.24) is 9.97 Å². The van der Waals surface area contributed by atoms with Crippen molar-refractivity contribution < 1.29 is 4.79 Å². The van der Waals surface area contributed by atoms with E-state index in [9.17, 15) is 4.79 Å². The van der Waals surface area contributed by atoms with Crippen molar-refractivity contribution in [3.63, 3.8) is 0 Å². The number of aryl methyl sites for hydroxylation is 1. The van der Waals surface area contributed by atoms with Crippen LogP contribution < -0.4 is 5.32 Å². The van der Waals surface area contributed by atoms with Gasteiger partial charge in [-0.3, -0.25) is 10.1 Å². The highest BCUT2D eigenvalue weighted by Crippen LogP contribution is 2.30. The van der Waals surface area contributed by atoms with E-state index in [1.165, 1.54) is 16.9 Å². The first-order valence-electron chi connectivity index (χ1n) is 9.88. The second-order valence-electron chi connectivity index (χ2n) is 7.03. The Hall–Kier alpha value is -3.57. The van der Waals surface area contributed by atoms with Crippen LogP contribution >= 0.6 is 11.3 Å². The molecule has 1 amide bonds. The fourth-order valence-electron chi connectivity index (χ4n) is 3.63. The molecule has 0 aliphatic heterocycles. The number of thiazole rings is 1. The number of pyridine rings is 1. The molecule has 146 valence electrons. The number of carbonyl (C=O) groups is 1. The second-order valence-corrected chi connectivity index (χ2v) is 8.06. The highest BCUT2D eigenvalue weighted by molar-refractivity contribution is 7.22. The number of carbonyl (C=O) groups excluding carboxylic acids is 1. The van der Waals surface area contributed by atoms with E-state index in [-0.39, 0.29) is 5.91 Å². The molecular formula is C25H19N3OS. The maximum atomic E-state index is 13.3. The molecule has 0 unspecified atom stereocenters. The molecule has 5 heteroatoms. The number of amides is 1. The lowest BCUT2D eigenvalue weighted by molar-refractivity contribution is 0.102. The largest absolute Gasteiger partial charge is 0.298 e. The Balaban J connectivity index is 1.57. The van der Waals surface area contributed by atoms with Crippen LogP contribution in [0.4, 0.5) is 5.13 Å². The Bertz CT molecular complexity index is 1380. The molecule has 2 heterocycles. The predicted molar refractivity (Wildman–Crippen MR) is 124 cm³/mol. The van der Waals surface area contributed by atoms with Crippen LogP contribution in [0.3, 0.4) is 0 Å². The topological polar surface area (TPSA) is 54.9 Å². The predicted octanol–water partition coefficient (Wildman–Crippen LogP) is 6.33. The lowest BCUT2D eigenvalue weighted by Crippen LogP contribution is -2.13. The highest BCUT2D eigenvalue weighted by Gasteiger charge is 2.16. The number of rotatable bonds is 4. The first-order chi connectivity index (χ1) is 14.7. The van der Waals surface area contributed by atoms with Crippen molar-refractivity contribution in [2.24, 2.45) is 0 Å². The van der Waals surface area contributed by atoms with Crippen LogP contribution in [0.2, 0.25) is 0 Å². The van der Waals surface area contributed by atoms with E-state index in [0.717, 1.165) is 38.8 Å². The van der Waals surface area contributed by atoms with Gasteiger partial charge in [-0.25, -0.2) is 9.97 Å². The van der Waals surface area contributed by atoms with E-state index in [1.54, 1.807) is 0 Å². The minimum Gasteiger partial charge on any atom is -0.298 e. The van der Waals surface area contributed by atoms with Gasteiger partial charge < -0.3 is 0 Å². The van der Waals surface area contributed by atoms with Gasteiger partial charge in [0.15, 0.2) is 5.13 Å². The molecule has 0 fully saturated rings. The normalized spacial score (nSPS) is 11.1. The number of aromatic nitrogens is 2.